The number of aliphatic hydroxyl groups excluding tert-OH is 2. The van der Waals surface area contributed by atoms with Crippen LogP contribution in [0.4, 0.5) is 0 Å². The lowest BCUT2D eigenvalue weighted by Crippen LogP contribution is -2.54. The Morgan fingerprint density at radius 2 is 2.00 bits per heavy atom. The molecule has 0 radical (unpaired) electrons. The van der Waals surface area contributed by atoms with Gasteiger partial charge in [-0.25, -0.2) is 4.79 Å². The standard InChI is InChI=1S/C15H20O4/c1-7-9-4-10-8(2)11(16)5-13(17)15(10,3)6-12(9)19-14(7)18/h9-13,16-17H,1-2,4-6H2,3H3/t9-,10-,11+,12-,13-,15+/m1/s1. The molecule has 0 aromatic rings. The lowest BCUT2D eigenvalue weighted by atomic mass is 9.54. The predicted molar refractivity (Wildman–Crippen MR) is 69.1 cm³/mol. The van der Waals surface area contributed by atoms with Crippen molar-refractivity contribution in [3.05, 3.63) is 24.3 Å². The highest BCUT2D eigenvalue weighted by Gasteiger charge is 2.57. The Labute approximate surface area is 112 Å². The van der Waals surface area contributed by atoms with Gasteiger partial charge in [0.15, 0.2) is 0 Å². The maximum absolute atomic E-state index is 11.6. The molecule has 1 saturated heterocycles. The highest BCUT2D eigenvalue weighted by atomic mass is 16.6. The molecular weight excluding hydrogens is 244 g/mol. The van der Waals surface area contributed by atoms with E-state index in [9.17, 15) is 15.0 Å². The Bertz CT molecular complexity index is 469. The molecule has 6 atom stereocenters. The van der Waals surface area contributed by atoms with Gasteiger partial charge in [0.25, 0.3) is 0 Å². The van der Waals surface area contributed by atoms with E-state index in [4.69, 9.17) is 4.74 Å². The topological polar surface area (TPSA) is 66.8 Å². The average molecular weight is 264 g/mol. The number of esters is 1. The fraction of sp³-hybridized carbons (Fsp3) is 0.667. The molecule has 19 heavy (non-hydrogen) atoms. The van der Waals surface area contributed by atoms with Gasteiger partial charge in [-0.3, -0.25) is 0 Å². The van der Waals surface area contributed by atoms with Crippen LogP contribution in [-0.2, 0) is 9.53 Å². The second kappa shape index (κ2) is 3.93. The van der Waals surface area contributed by atoms with Crippen LogP contribution in [0, 0.1) is 17.3 Å². The number of carbonyl (C=O) groups excluding carboxylic acids is 1. The Kier molecular flexibility index (Phi) is 2.67. The van der Waals surface area contributed by atoms with E-state index in [1.54, 1.807) is 0 Å². The van der Waals surface area contributed by atoms with Gasteiger partial charge in [-0.1, -0.05) is 20.1 Å². The van der Waals surface area contributed by atoms with Gasteiger partial charge in [-0.05, 0) is 24.3 Å². The van der Waals surface area contributed by atoms with Crippen molar-refractivity contribution in [3.8, 4) is 0 Å². The molecule has 1 aliphatic heterocycles. The zero-order chi connectivity index (χ0) is 13.9. The minimum absolute atomic E-state index is 0.000162. The molecule has 0 aromatic carbocycles. The first-order valence-electron chi connectivity index (χ1n) is 6.79. The summed E-state index contributed by atoms with van der Waals surface area (Å²) in [7, 11) is 0. The maximum Gasteiger partial charge on any atom is 0.334 e. The number of fused-ring (bicyclic) bond motifs is 2. The Hall–Kier alpha value is -1.13. The minimum atomic E-state index is -0.657. The van der Waals surface area contributed by atoms with Crippen LogP contribution in [0.1, 0.15) is 26.2 Å². The number of rotatable bonds is 0. The van der Waals surface area contributed by atoms with Crippen molar-refractivity contribution in [2.24, 2.45) is 17.3 Å². The first-order chi connectivity index (χ1) is 8.84. The summed E-state index contributed by atoms with van der Waals surface area (Å²) in [5.41, 5.74) is 0.926. The van der Waals surface area contributed by atoms with Gasteiger partial charge in [0.1, 0.15) is 6.10 Å². The van der Waals surface area contributed by atoms with Crippen molar-refractivity contribution in [2.45, 2.75) is 44.5 Å². The fourth-order valence-corrected chi connectivity index (χ4v) is 4.06. The first-order valence-corrected chi connectivity index (χ1v) is 6.79. The molecule has 1 heterocycles. The van der Waals surface area contributed by atoms with Crippen LogP contribution < -0.4 is 0 Å². The van der Waals surface area contributed by atoms with Crippen LogP contribution in [0.5, 0.6) is 0 Å². The van der Waals surface area contributed by atoms with Gasteiger partial charge in [0, 0.05) is 23.3 Å². The number of hydrogen-bond acceptors (Lipinski definition) is 4. The van der Waals surface area contributed by atoms with Crippen molar-refractivity contribution < 1.29 is 19.7 Å². The third-order valence-electron chi connectivity index (χ3n) is 5.43. The third-order valence-corrected chi connectivity index (χ3v) is 5.43. The van der Waals surface area contributed by atoms with Crippen LogP contribution >= 0.6 is 0 Å². The zero-order valence-electron chi connectivity index (χ0n) is 11.1. The second-order valence-electron chi connectivity index (χ2n) is 6.42. The number of ether oxygens (including phenoxy) is 1. The van der Waals surface area contributed by atoms with E-state index in [1.165, 1.54) is 0 Å². The summed E-state index contributed by atoms with van der Waals surface area (Å²) in [5, 5.41) is 20.3. The quantitative estimate of drug-likeness (QED) is 0.392. The maximum atomic E-state index is 11.6. The van der Waals surface area contributed by atoms with Crippen LogP contribution in [0.25, 0.3) is 0 Å². The van der Waals surface area contributed by atoms with Gasteiger partial charge < -0.3 is 14.9 Å². The van der Waals surface area contributed by atoms with Gasteiger partial charge in [-0.15, -0.1) is 0 Å². The molecule has 104 valence electrons. The predicted octanol–water partition coefficient (Wildman–Crippen LogP) is 1.18. The van der Waals surface area contributed by atoms with Crippen molar-refractivity contribution in [1.82, 2.24) is 0 Å². The number of aliphatic hydroxyl groups is 2. The molecule has 0 spiro atoms. The van der Waals surface area contributed by atoms with E-state index < -0.39 is 12.2 Å². The van der Waals surface area contributed by atoms with E-state index in [0.717, 1.165) is 5.57 Å². The smallest absolute Gasteiger partial charge is 0.334 e. The molecule has 4 nitrogen and oxygen atoms in total. The van der Waals surface area contributed by atoms with Crippen LogP contribution in [0.3, 0.4) is 0 Å². The molecule has 0 bridgehead atoms. The van der Waals surface area contributed by atoms with Gasteiger partial charge in [0.2, 0.25) is 0 Å². The molecule has 0 unspecified atom stereocenters. The van der Waals surface area contributed by atoms with Crippen molar-refractivity contribution in [2.75, 3.05) is 0 Å². The summed E-state index contributed by atoms with van der Waals surface area (Å²) in [6.07, 6.45) is 0.179. The van der Waals surface area contributed by atoms with Crippen molar-refractivity contribution in [1.29, 1.82) is 0 Å². The Morgan fingerprint density at radius 3 is 2.68 bits per heavy atom. The Morgan fingerprint density at radius 1 is 1.32 bits per heavy atom. The van der Waals surface area contributed by atoms with E-state index in [2.05, 4.69) is 13.2 Å². The highest BCUT2D eigenvalue weighted by Crippen LogP contribution is 2.56. The van der Waals surface area contributed by atoms with E-state index in [0.29, 0.717) is 24.8 Å². The van der Waals surface area contributed by atoms with Crippen LogP contribution in [-0.4, -0.2) is 34.5 Å². The fourth-order valence-electron chi connectivity index (χ4n) is 4.06. The first kappa shape index (κ1) is 12.9. The summed E-state index contributed by atoms with van der Waals surface area (Å²) in [4.78, 5) is 11.6. The lowest BCUT2D eigenvalue weighted by molar-refractivity contribution is -0.148. The largest absolute Gasteiger partial charge is 0.458 e. The highest BCUT2D eigenvalue weighted by molar-refractivity contribution is 5.90. The zero-order valence-corrected chi connectivity index (χ0v) is 11.1. The molecule has 2 N–H and O–H groups in total. The molecule has 4 heteroatoms. The Balaban J connectivity index is 1.95. The molecule has 2 saturated carbocycles. The summed E-state index contributed by atoms with van der Waals surface area (Å²) in [6, 6.07) is 0. The van der Waals surface area contributed by atoms with Crippen molar-refractivity contribution >= 4 is 5.97 Å². The van der Waals surface area contributed by atoms with Gasteiger partial charge >= 0.3 is 5.97 Å². The summed E-state index contributed by atoms with van der Waals surface area (Å²) in [5.74, 6) is -0.309. The normalized spacial score (nSPS) is 49.6. The van der Waals surface area contributed by atoms with Gasteiger partial charge in [-0.2, -0.15) is 0 Å². The molecular formula is C15H20O4. The van der Waals surface area contributed by atoms with Gasteiger partial charge in [0.05, 0.1) is 12.2 Å². The SMILES string of the molecule is C=C1C(=O)O[C@@H]2C[C@]3(C)[C@H](O)C[C@H](O)C(=C)[C@H]3C[C@H]12. The molecule has 0 aromatic heterocycles. The van der Waals surface area contributed by atoms with Crippen molar-refractivity contribution in [3.63, 3.8) is 0 Å². The van der Waals surface area contributed by atoms with E-state index >= 15 is 0 Å². The molecule has 2 aliphatic carbocycles. The summed E-state index contributed by atoms with van der Waals surface area (Å²) in [6.45, 7) is 9.82. The number of carbonyl (C=O) groups is 1. The molecule has 3 fully saturated rings. The number of hydrogen-bond donors (Lipinski definition) is 2. The average Bonchev–Trinajstić information content (AvgIpc) is 2.61. The summed E-state index contributed by atoms with van der Waals surface area (Å²) < 4.78 is 5.36. The van der Waals surface area contributed by atoms with E-state index in [1.807, 2.05) is 6.92 Å². The minimum Gasteiger partial charge on any atom is -0.458 e. The molecule has 3 rings (SSSR count). The molecule has 3 aliphatic rings. The molecule has 0 amide bonds. The monoisotopic (exact) mass is 264 g/mol. The van der Waals surface area contributed by atoms with E-state index in [-0.39, 0.29) is 29.3 Å². The lowest BCUT2D eigenvalue weighted by Gasteiger charge is -2.53. The summed E-state index contributed by atoms with van der Waals surface area (Å²) >= 11 is 0. The van der Waals surface area contributed by atoms with Crippen LogP contribution in [0.15, 0.2) is 24.3 Å². The second-order valence-corrected chi connectivity index (χ2v) is 6.42. The third kappa shape index (κ3) is 1.63. The van der Waals surface area contributed by atoms with Crippen LogP contribution in [0.2, 0.25) is 0 Å².